The van der Waals surface area contributed by atoms with E-state index in [1.165, 1.54) is 0 Å². The molecule has 0 spiro atoms. The second-order valence-electron chi connectivity index (χ2n) is 7.22. The Hall–Kier alpha value is -1.99. The number of benzene rings is 1. The van der Waals surface area contributed by atoms with E-state index < -0.39 is 5.60 Å². The number of carbonyl (C=O) groups excluding carboxylic acids is 1. The molecule has 7 heteroatoms. The molecule has 1 aliphatic heterocycles. The fourth-order valence-electron chi connectivity index (χ4n) is 4.24. The molecule has 2 aromatic rings. The first kappa shape index (κ1) is 16.5. The summed E-state index contributed by atoms with van der Waals surface area (Å²) in [7, 11) is 0. The molecule has 1 aromatic heterocycles. The maximum atomic E-state index is 12.9. The fraction of sp³-hybridized carbons (Fsp3) is 0.500. The Morgan fingerprint density at radius 3 is 2.96 bits per heavy atom. The number of carbonyl (C=O) groups is 1. The zero-order chi connectivity index (χ0) is 17.6. The lowest BCUT2D eigenvalue weighted by Gasteiger charge is -2.47. The second-order valence-corrected chi connectivity index (χ2v) is 7.62. The third-order valence-electron chi connectivity index (χ3n) is 5.70. The molecule has 2 atom stereocenters. The Bertz CT molecular complexity index is 950. The molecule has 2 fully saturated rings. The number of nitrogens with one attached hydrogen (secondary N) is 2. The molecule has 2 heterocycles. The number of piperidine rings is 1. The van der Waals surface area contributed by atoms with Gasteiger partial charge in [0.05, 0.1) is 16.5 Å². The predicted octanol–water partition coefficient (Wildman–Crippen LogP) is 2.35. The fourth-order valence-corrected chi connectivity index (χ4v) is 4.44. The van der Waals surface area contributed by atoms with Crippen molar-refractivity contribution in [2.24, 2.45) is 5.92 Å². The van der Waals surface area contributed by atoms with Crippen molar-refractivity contribution < 1.29 is 9.90 Å². The molecule has 1 amide bonds. The number of amides is 1. The summed E-state index contributed by atoms with van der Waals surface area (Å²) in [5.41, 5.74) is 0.232. The SMILES string of the molecule is O=C(c1ccc2c(=O)[nH]c(=S)[nH]c2c1)N1CC[C@]2(O)CCCC[C@@H]2C1. The van der Waals surface area contributed by atoms with Crippen molar-refractivity contribution in [3.63, 3.8) is 0 Å². The van der Waals surface area contributed by atoms with E-state index in [4.69, 9.17) is 12.2 Å². The third-order valence-corrected chi connectivity index (χ3v) is 5.91. The van der Waals surface area contributed by atoms with Crippen molar-refractivity contribution >= 4 is 29.0 Å². The van der Waals surface area contributed by atoms with Crippen molar-refractivity contribution in [2.75, 3.05) is 13.1 Å². The normalized spacial score (nSPS) is 26.4. The van der Waals surface area contributed by atoms with Gasteiger partial charge >= 0.3 is 0 Å². The van der Waals surface area contributed by atoms with E-state index in [1.807, 2.05) is 4.90 Å². The molecule has 25 heavy (non-hydrogen) atoms. The molecule has 1 aliphatic carbocycles. The minimum atomic E-state index is -0.600. The van der Waals surface area contributed by atoms with Gasteiger partial charge in [-0.15, -0.1) is 0 Å². The molecule has 1 aromatic carbocycles. The zero-order valence-electron chi connectivity index (χ0n) is 13.9. The van der Waals surface area contributed by atoms with E-state index in [2.05, 4.69) is 9.97 Å². The van der Waals surface area contributed by atoms with E-state index in [9.17, 15) is 14.7 Å². The first-order valence-corrected chi connectivity index (χ1v) is 9.15. The van der Waals surface area contributed by atoms with E-state index in [0.717, 1.165) is 25.7 Å². The highest BCUT2D eigenvalue weighted by molar-refractivity contribution is 7.71. The van der Waals surface area contributed by atoms with Crippen molar-refractivity contribution in [3.8, 4) is 0 Å². The molecule has 0 bridgehead atoms. The van der Waals surface area contributed by atoms with Gasteiger partial charge in [0.2, 0.25) is 0 Å². The van der Waals surface area contributed by atoms with E-state index in [1.54, 1.807) is 18.2 Å². The smallest absolute Gasteiger partial charge is 0.259 e. The number of aromatic nitrogens is 2. The number of hydrogen-bond acceptors (Lipinski definition) is 4. The third kappa shape index (κ3) is 2.91. The van der Waals surface area contributed by atoms with E-state index in [0.29, 0.717) is 36.0 Å². The number of aliphatic hydroxyl groups is 1. The Morgan fingerprint density at radius 2 is 2.12 bits per heavy atom. The van der Waals surface area contributed by atoms with Gasteiger partial charge in [-0.2, -0.15) is 0 Å². The van der Waals surface area contributed by atoms with Crippen LogP contribution >= 0.6 is 12.2 Å². The van der Waals surface area contributed by atoms with Crippen LogP contribution in [0.25, 0.3) is 10.9 Å². The van der Waals surface area contributed by atoms with Gasteiger partial charge in [0, 0.05) is 24.6 Å². The average Bonchev–Trinajstić information content (AvgIpc) is 2.59. The lowest BCUT2D eigenvalue weighted by Crippen LogP contribution is -2.54. The maximum absolute atomic E-state index is 12.9. The molecule has 3 N–H and O–H groups in total. The zero-order valence-corrected chi connectivity index (χ0v) is 14.7. The average molecular weight is 359 g/mol. The minimum absolute atomic E-state index is 0.0610. The molecule has 0 unspecified atom stereocenters. The number of nitrogens with zero attached hydrogens (tertiary/aromatic N) is 1. The van der Waals surface area contributed by atoms with Crippen LogP contribution in [0, 0.1) is 10.7 Å². The number of H-pyrrole nitrogens is 2. The first-order chi connectivity index (χ1) is 12.0. The number of likely N-dealkylation sites (tertiary alicyclic amines) is 1. The molecule has 6 nitrogen and oxygen atoms in total. The number of fused-ring (bicyclic) bond motifs is 2. The molecule has 4 rings (SSSR count). The van der Waals surface area contributed by atoms with Crippen LogP contribution < -0.4 is 5.56 Å². The van der Waals surface area contributed by atoms with Crippen LogP contribution in [0.15, 0.2) is 23.0 Å². The molecule has 1 saturated carbocycles. The maximum Gasteiger partial charge on any atom is 0.259 e. The number of aromatic amines is 2. The Morgan fingerprint density at radius 1 is 1.28 bits per heavy atom. The predicted molar refractivity (Wildman–Crippen MR) is 97.2 cm³/mol. The van der Waals surface area contributed by atoms with Crippen LogP contribution in [0.1, 0.15) is 42.5 Å². The highest BCUT2D eigenvalue weighted by Gasteiger charge is 2.43. The van der Waals surface area contributed by atoms with Crippen molar-refractivity contribution in [2.45, 2.75) is 37.7 Å². The van der Waals surface area contributed by atoms with Crippen LogP contribution in [0.4, 0.5) is 0 Å². The van der Waals surface area contributed by atoms with Crippen LogP contribution in [-0.4, -0.2) is 44.6 Å². The van der Waals surface area contributed by atoms with E-state index in [-0.39, 0.29) is 22.2 Å². The van der Waals surface area contributed by atoms with Crippen LogP contribution in [-0.2, 0) is 0 Å². The highest BCUT2D eigenvalue weighted by atomic mass is 32.1. The van der Waals surface area contributed by atoms with Gasteiger partial charge in [-0.25, -0.2) is 0 Å². The van der Waals surface area contributed by atoms with Gasteiger partial charge in [0.15, 0.2) is 4.77 Å². The van der Waals surface area contributed by atoms with Crippen LogP contribution in [0.5, 0.6) is 0 Å². The van der Waals surface area contributed by atoms with Gasteiger partial charge in [0.1, 0.15) is 0 Å². The Kier molecular flexibility index (Phi) is 4.00. The van der Waals surface area contributed by atoms with Gasteiger partial charge in [-0.3, -0.25) is 14.6 Å². The van der Waals surface area contributed by atoms with Gasteiger partial charge < -0.3 is 15.0 Å². The van der Waals surface area contributed by atoms with E-state index >= 15 is 0 Å². The first-order valence-electron chi connectivity index (χ1n) is 8.74. The summed E-state index contributed by atoms with van der Waals surface area (Å²) < 4.78 is 0.243. The summed E-state index contributed by atoms with van der Waals surface area (Å²) in [6.07, 6.45) is 4.64. The lowest BCUT2D eigenvalue weighted by molar-refractivity contribution is -0.0886. The highest BCUT2D eigenvalue weighted by Crippen LogP contribution is 2.40. The summed E-state index contributed by atoms with van der Waals surface area (Å²) >= 11 is 5.00. The number of rotatable bonds is 1. The molecule has 0 radical (unpaired) electrons. The van der Waals surface area contributed by atoms with Crippen LogP contribution in [0.2, 0.25) is 0 Å². The molecule has 1 saturated heterocycles. The molecular formula is C18H21N3O3S. The summed E-state index contributed by atoms with van der Waals surface area (Å²) in [6, 6.07) is 5.01. The summed E-state index contributed by atoms with van der Waals surface area (Å²) in [6.45, 7) is 1.16. The molecule has 2 aliphatic rings. The summed E-state index contributed by atoms with van der Waals surface area (Å²) in [4.78, 5) is 32.1. The molecular weight excluding hydrogens is 338 g/mol. The molecule has 132 valence electrons. The standard InChI is InChI=1S/C18H21N3O3S/c22-15-13-5-4-11(9-14(13)19-17(25)20-15)16(23)21-8-7-18(24)6-2-1-3-12(18)10-21/h4-5,9,12,24H,1-3,6-8,10H2,(H2,19,20,22,25)/t12-,18-/m1/s1. The van der Waals surface area contributed by atoms with Gasteiger partial charge in [0.25, 0.3) is 11.5 Å². The van der Waals surface area contributed by atoms with Gasteiger partial charge in [-0.05, 0) is 49.7 Å². The van der Waals surface area contributed by atoms with Crippen molar-refractivity contribution in [1.29, 1.82) is 0 Å². The largest absolute Gasteiger partial charge is 0.389 e. The monoisotopic (exact) mass is 359 g/mol. The Labute approximate surface area is 149 Å². The summed E-state index contributed by atoms with van der Waals surface area (Å²) in [5, 5.41) is 11.2. The second kappa shape index (κ2) is 6.07. The van der Waals surface area contributed by atoms with Gasteiger partial charge in [-0.1, -0.05) is 12.8 Å². The van der Waals surface area contributed by atoms with Crippen molar-refractivity contribution in [3.05, 3.63) is 38.9 Å². The Balaban J connectivity index is 1.62. The van der Waals surface area contributed by atoms with Crippen molar-refractivity contribution in [1.82, 2.24) is 14.9 Å². The lowest BCUT2D eigenvalue weighted by atomic mass is 9.71. The summed E-state index contributed by atoms with van der Waals surface area (Å²) in [5.74, 6) is 0.0992. The van der Waals surface area contributed by atoms with Crippen LogP contribution in [0.3, 0.4) is 0 Å². The minimum Gasteiger partial charge on any atom is -0.389 e. The quantitative estimate of drug-likeness (QED) is 0.682. The topological polar surface area (TPSA) is 89.2 Å². The number of hydrogen-bond donors (Lipinski definition) is 3.